The lowest BCUT2D eigenvalue weighted by molar-refractivity contribution is -0.124. The molecule has 1 heterocycles. The summed E-state index contributed by atoms with van der Waals surface area (Å²) < 4.78 is 5.79. The number of β-amino-alcohol motifs (C(OH)–C–C–N with tert-alkyl or cyclic N) is 1. The van der Waals surface area contributed by atoms with Gasteiger partial charge in [-0.15, -0.1) is 0 Å². The number of hydrogen-bond acceptors (Lipinski definition) is 5. The molecule has 0 bridgehead atoms. The van der Waals surface area contributed by atoms with Crippen molar-refractivity contribution in [2.24, 2.45) is 5.73 Å². The van der Waals surface area contributed by atoms with E-state index < -0.39 is 12.1 Å². The molecule has 2 aromatic rings. The Bertz CT molecular complexity index is 851. The molecular formula is C23H30ClN3O3. The number of piperazine rings is 1. The second-order valence-corrected chi connectivity index (χ2v) is 8.36. The van der Waals surface area contributed by atoms with Crippen LogP contribution in [0, 0.1) is 13.8 Å². The van der Waals surface area contributed by atoms with Crippen molar-refractivity contribution in [3.63, 3.8) is 0 Å². The number of aryl methyl sites for hydroxylation is 2. The van der Waals surface area contributed by atoms with Crippen LogP contribution in [0.2, 0.25) is 5.02 Å². The molecule has 1 amide bonds. The van der Waals surface area contributed by atoms with Crippen molar-refractivity contribution >= 4 is 17.5 Å². The van der Waals surface area contributed by atoms with E-state index in [1.165, 1.54) is 5.56 Å². The Morgan fingerprint density at radius 3 is 2.40 bits per heavy atom. The lowest BCUT2D eigenvalue weighted by Gasteiger charge is -2.38. The minimum atomic E-state index is -0.583. The van der Waals surface area contributed by atoms with Crippen molar-refractivity contribution in [2.75, 3.05) is 39.3 Å². The zero-order chi connectivity index (χ0) is 21.7. The summed E-state index contributed by atoms with van der Waals surface area (Å²) >= 11 is 5.96. The van der Waals surface area contributed by atoms with Crippen molar-refractivity contribution in [3.8, 4) is 5.75 Å². The Kier molecular flexibility index (Phi) is 7.72. The molecule has 0 aromatic heterocycles. The number of nitrogens with two attached hydrogens (primary N) is 1. The Balaban J connectivity index is 1.49. The molecule has 3 N–H and O–H groups in total. The predicted octanol–water partition coefficient (Wildman–Crippen LogP) is 2.54. The molecule has 0 radical (unpaired) electrons. The third-order valence-electron chi connectivity index (χ3n) is 5.46. The summed E-state index contributed by atoms with van der Waals surface area (Å²) in [6.07, 6.45) is -0.583. The van der Waals surface area contributed by atoms with Crippen molar-refractivity contribution in [3.05, 3.63) is 64.2 Å². The lowest BCUT2D eigenvalue weighted by atomic mass is 10.0. The first-order valence-electron chi connectivity index (χ1n) is 10.2. The Hall–Kier alpha value is -2.12. The molecule has 0 saturated carbocycles. The van der Waals surface area contributed by atoms with Crippen LogP contribution >= 0.6 is 11.6 Å². The molecule has 1 aliphatic heterocycles. The Morgan fingerprint density at radius 1 is 1.13 bits per heavy atom. The fourth-order valence-corrected chi connectivity index (χ4v) is 4.03. The number of aliphatic hydroxyl groups is 1. The summed E-state index contributed by atoms with van der Waals surface area (Å²) in [6, 6.07) is 12.8. The van der Waals surface area contributed by atoms with Crippen LogP contribution in [0.25, 0.3) is 0 Å². The van der Waals surface area contributed by atoms with Gasteiger partial charge in [0.2, 0.25) is 5.91 Å². The highest BCUT2D eigenvalue weighted by Crippen LogP contribution is 2.24. The van der Waals surface area contributed by atoms with Gasteiger partial charge >= 0.3 is 0 Å². The second-order valence-electron chi connectivity index (χ2n) is 7.93. The number of carbonyl (C=O) groups excluding carboxylic acids is 1. The molecule has 162 valence electrons. The number of nitrogens with zero attached hydrogens (tertiary/aromatic N) is 2. The van der Waals surface area contributed by atoms with E-state index in [2.05, 4.69) is 15.9 Å². The lowest BCUT2D eigenvalue weighted by Crippen LogP contribution is -2.52. The molecule has 2 atom stereocenters. The predicted molar refractivity (Wildman–Crippen MR) is 119 cm³/mol. The maximum Gasteiger partial charge on any atom is 0.239 e. The van der Waals surface area contributed by atoms with Crippen LogP contribution in [0.1, 0.15) is 22.7 Å². The van der Waals surface area contributed by atoms with Crippen LogP contribution in [0.15, 0.2) is 42.5 Å². The number of hydrogen-bond donors (Lipinski definition) is 2. The number of amides is 1. The van der Waals surface area contributed by atoms with E-state index in [9.17, 15) is 9.90 Å². The van der Waals surface area contributed by atoms with Gasteiger partial charge in [0, 0.05) is 37.7 Å². The van der Waals surface area contributed by atoms with Crippen molar-refractivity contribution in [1.29, 1.82) is 0 Å². The highest BCUT2D eigenvalue weighted by atomic mass is 35.5. The van der Waals surface area contributed by atoms with E-state index in [1.807, 2.05) is 38.1 Å². The highest BCUT2D eigenvalue weighted by molar-refractivity contribution is 6.30. The largest absolute Gasteiger partial charge is 0.491 e. The first-order chi connectivity index (χ1) is 14.3. The molecule has 3 rings (SSSR count). The molecule has 7 heteroatoms. The Morgan fingerprint density at radius 2 is 1.80 bits per heavy atom. The molecule has 2 unspecified atom stereocenters. The summed E-state index contributed by atoms with van der Waals surface area (Å²) in [4.78, 5) is 16.4. The van der Waals surface area contributed by atoms with Gasteiger partial charge in [0.05, 0.1) is 0 Å². The van der Waals surface area contributed by atoms with Gasteiger partial charge < -0.3 is 15.6 Å². The molecule has 6 nitrogen and oxygen atoms in total. The van der Waals surface area contributed by atoms with Crippen LogP contribution in [0.3, 0.4) is 0 Å². The van der Waals surface area contributed by atoms with E-state index >= 15 is 0 Å². The standard InChI is InChI=1S/C23H30ClN3O3/c1-16-3-8-21(17(2)13-16)30-15-20(28)14-26-9-11-27(12-10-26)22(23(25)29)18-4-6-19(24)7-5-18/h3-8,13,20,22,28H,9-12,14-15H2,1-2H3,(H2,25,29). The average Bonchev–Trinajstić information content (AvgIpc) is 2.70. The number of ether oxygens (including phenoxy) is 1. The molecule has 0 spiro atoms. The van der Waals surface area contributed by atoms with E-state index in [1.54, 1.807) is 12.1 Å². The molecule has 1 saturated heterocycles. The first-order valence-corrected chi connectivity index (χ1v) is 10.6. The zero-order valence-corrected chi connectivity index (χ0v) is 18.3. The molecule has 30 heavy (non-hydrogen) atoms. The van der Waals surface area contributed by atoms with Gasteiger partial charge in [0.25, 0.3) is 0 Å². The first kappa shape index (κ1) is 22.6. The third-order valence-corrected chi connectivity index (χ3v) is 5.71. The molecule has 1 fully saturated rings. The summed E-state index contributed by atoms with van der Waals surface area (Å²) in [7, 11) is 0. The van der Waals surface area contributed by atoms with Crippen LogP contribution in [-0.2, 0) is 4.79 Å². The van der Waals surface area contributed by atoms with Gasteiger partial charge in [-0.25, -0.2) is 0 Å². The summed E-state index contributed by atoms with van der Waals surface area (Å²) in [5.41, 5.74) is 8.79. The van der Waals surface area contributed by atoms with Crippen LogP contribution in [0.4, 0.5) is 0 Å². The topological polar surface area (TPSA) is 79.0 Å². The van der Waals surface area contributed by atoms with Gasteiger partial charge in [0.15, 0.2) is 0 Å². The Labute approximate surface area is 183 Å². The van der Waals surface area contributed by atoms with Crippen molar-refractivity contribution < 1.29 is 14.6 Å². The van der Waals surface area contributed by atoms with Gasteiger partial charge in [-0.05, 0) is 43.2 Å². The summed E-state index contributed by atoms with van der Waals surface area (Å²) in [5, 5.41) is 11.0. The average molecular weight is 432 g/mol. The molecule has 0 aliphatic carbocycles. The monoisotopic (exact) mass is 431 g/mol. The van der Waals surface area contributed by atoms with Gasteiger partial charge in [-0.3, -0.25) is 14.6 Å². The van der Waals surface area contributed by atoms with Gasteiger partial charge in [-0.1, -0.05) is 41.4 Å². The van der Waals surface area contributed by atoms with E-state index in [4.69, 9.17) is 22.1 Å². The van der Waals surface area contributed by atoms with E-state index in [0.29, 0.717) is 24.7 Å². The fourth-order valence-electron chi connectivity index (χ4n) is 3.90. The van der Waals surface area contributed by atoms with Crippen LogP contribution in [0.5, 0.6) is 5.75 Å². The summed E-state index contributed by atoms with van der Waals surface area (Å²) in [5.74, 6) is 0.435. The minimum absolute atomic E-state index is 0.249. The van der Waals surface area contributed by atoms with E-state index in [0.717, 1.165) is 30.0 Å². The number of carbonyl (C=O) groups is 1. The fraction of sp³-hybridized carbons (Fsp3) is 0.435. The van der Waals surface area contributed by atoms with Gasteiger partial charge in [-0.2, -0.15) is 0 Å². The number of aliphatic hydroxyl groups excluding tert-OH is 1. The van der Waals surface area contributed by atoms with E-state index in [-0.39, 0.29) is 12.5 Å². The van der Waals surface area contributed by atoms with Gasteiger partial charge in [0.1, 0.15) is 24.5 Å². The van der Waals surface area contributed by atoms with Crippen LogP contribution < -0.4 is 10.5 Å². The molecular weight excluding hydrogens is 402 g/mol. The third kappa shape index (κ3) is 5.95. The molecule has 2 aromatic carbocycles. The number of rotatable bonds is 8. The minimum Gasteiger partial charge on any atom is -0.491 e. The highest BCUT2D eigenvalue weighted by Gasteiger charge is 2.29. The second kappa shape index (κ2) is 10.3. The smallest absolute Gasteiger partial charge is 0.239 e. The SMILES string of the molecule is Cc1ccc(OCC(O)CN2CCN(C(C(N)=O)c3ccc(Cl)cc3)CC2)c(C)c1. The number of primary amides is 1. The maximum absolute atomic E-state index is 12.1. The molecule has 1 aliphatic rings. The van der Waals surface area contributed by atoms with Crippen molar-refractivity contribution in [2.45, 2.75) is 26.0 Å². The summed E-state index contributed by atoms with van der Waals surface area (Å²) in [6.45, 7) is 7.71. The normalized spacial score (nSPS) is 17.5. The maximum atomic E-state index is 12.1. The van der Waals surface area contributed by atoms with Crippen LogP contribution in [-0.4, -0.2) is 66.2 Å². The van der Waals surface area contributed by atoms with Crippen molar-refractivity contribution in [1.82, 2.24) is 9.80 Å². The number of halogens is 1. The zero-order valence-electron chi connectivity index (χ0n) is 17.6. The number of benzene rings is 2. The quantitative estimate of drug-likeness (QED) is 0.671.